The number of hydrogen-bond donors (Lipinski definition) is 19. The Kier molecular flexibility index (Phi) is 61.2. The first-order chi connectivity index (χ1) is 40.4. The van der Waals surface area contributed by atoms with Crippen molar-refractivity contribution in [2.75, 3.05) is 220 Å². The number of carboxylic acid groups (broad SMARTS) is 7. The van der Waals surface area contributed by atoms with Crippen molar-refractivity contribution >= 4 is 41.8 Å². The van der Waals surface area contributed by atoms with Gasteiger partial charge in [0.25, 0.3) is 0 Å². The molecule has 0 saturated carbocycles. The summed E-state index contributed by atoms with van der Waals surface area (Å²) in [6.45, 7) is -3.78. The molecule has 0 aromatic rings. The van der Waals surface area contributed by atoms with Crippen LogP contribution in [0.5, 0.6) is 0 Å². The molecule has 0 aliphatic carbocycles. The SMILES string of the molecule is CCCC(CO)(COCC(=O)O)COCC(=O)O.CNC(CO)(CO)CO.COCC(CN)(COCC(=O)O)COCC(=O)O.COCC(CO)(CO)CO.COCC(COCC(=O)O)(COCC(=O)O)COCC(=O)O.COCC(N)(CO)CO. The first-order valence-corrected chi connectivity index (χ1v) is 25.6. The third-order valence-corrected chi connectivity index (χ3v) is 10.8. The molecular formula is C49H99N3O34. The van der Waals surface area contributed by atoms with Gasteiger partial charge in [-0.25, -0.2) is 33.6 Å². The summed E-state index contributed by atoms with van der Waals surface area (Å²) in [6.07, 6.45) is 1.30. The number of aliphatic hydroxyl groups excluding tert-OH is 9. The lowest BCUT2D eigenvalue weighted by Gasteiger charge is -2.31. The fourth-order valence-electron chi connectivity index (χ4n) is 5.94. The number of likely N-dealkylation sites (N-methyl/N-ethyl adjacent to an activating group) is 1. The molecule has 86 heavy (non-hydrogen) atoms. The van der Waals surface area contributed by atoms with Crippen LogP contribution in [0.25, 0.3) is 0 Å². The molecule has 0 saturated heterocycles. The Labute approximate surface area is 498 Å². The number of aliphatic carboxylic acids is 7. The highest BCUT2D eigenvalue weighted by atomic mass is 16.6. The number of hydrogen-bond acceptors (Lipinski definition) is 30. The Morgan fingerprint density at radius 1 is 0.349 bits per heavy atom. The molecule has 0 bridgehead atoms. The zero-order valence-electron chi connectivity index (χ0n) is 49.9. The Balaban J connectivity index is -0.000000231. The Morgan fingerprint density at radius 2 is 0.581 bits per heavy atom. The zero-order valence-corrected chi connectivity index (χ0v) is 49.9. The van der Waals surface area contributed by atoms with Gasteiger partial charge in [-0.05, 0) is 13.5 Å². The zero-order chi connectivity index (χ0) is 67.7. The van der Waals surface area contributed by atoms with Gasteiger partial charge in [-0.2, -0.15) is 0 Å². The van der Waals surface area contributed by atoms with Gasteiger partial charge in [0, 0.05) is 40.4 Å². The predicted molar refractivity (Wildman–Crippen MR) is 293 cm³/mol. The molecule has 0 spiro atoms. The summed E-state index contributed by atoms with van der Waals surface area (Å²) in [6, 6.07) is 0. The number of nitrogens with one attached hydrogen (secondary N) is 1. The molecule has 0 aliphatic rings. The number of nitrogens with two attached hydrogens (primary N) is 2. The predicted octanol–water partition coefficient (Wildman–Crippen LogP) is -7.50. The van der Waals surface area contributed by atoms with Crippen molar-refractivity contribution in [1.82, 2.24) is 5.32 Å². The number of aliphatic hydroxyl groups is 9. The van der Waals surface area contributed by atoms with Crippen LogP contribution >= 0.6 is 0 Å². The molecule has 37 nitrogen and oxygen atoms in total. The highest BCUT2D eigenvalue weighted by Gasteiger charge is 2.34. The van der Waals surface area contributed by atoms with E-state index in [1.54, 1.807) is 7.05 Å². The van der Waals surface area contributed by atoms with Crippen LogP contribution in [0.4, 0.5) is 0 Å². The quantitative estimate of drug-likeness (QED) is 0.0269. The maximum Gasteiger partial charge on any atom is 0.329 e. The van der Waals surface area contributed by atoms with Crippen LogP contribution < -0.4 is 16.8 Å². The molecule has 0 atom stereocenters. The first-order valence-electron chi connectivity index (χ1n) is 25.6. The molecule has 514 valence electrons. The molecule has 0 aliphatic heterocycles. The van der Waals surface area contributed by atoms with E-state index in [0.29, 0.717) is 6.42 Å². The van der Waals surface area contributed by atoms with E-state index >= 15 is 0 Å². The van der Waals surface area contributed by atoms with Gasteiger partial charge in [-0.1, -0.05) is 13.3 Å². The third kappa shape index (κ3) is 51.4. The Morgan fingerprint density at radius 3 is 0.733 bits per heavy atom. The van der Waals surface area contributed by atoms with Gasteiger partial charge in [0.15, 0.2) is 0 Å². The molecule has 0 amide bonds. The maximum absolute atomic E-state index is 10.5. The first kappa shape index (κ1) is 92.5. The second-order valence-corrected chi connectivity index (χ2v) is 19.2. The fourth-order valence-corrected chi connectivity index (χ4v) is 5.94. The Hall–Kier alpha value is -4.63. The average Bonchev–Trinajstić information content (AvgIpc) is 3.37. The van der Waals surface area contributed by atoms with Crippen LogP contribution in [-0.2, 0) is 85.7 Å². The average molecular weight is 1270 g/mol. The molecule has 0 aromatic carbocycles. The van der Waals surface area contributed by atoms with E-state index in [9.17, 15) is 38.7 Å². The number of carbonyl (C=O) groups is 7. The van der Waals surface area contributed by atoms with E-state index in [-0.39, 0.29) is 139 Å². The second-order valence-electron chi connectivity index (χ2n) is 19.2. The van der Waals surface area contributed by atoms with Crippen LogP contribution in [0.1, 0.15) is 19.8 Å². The number of carboxylic acids is 7. The molecular weight excluding hydrogens is 1170 g/mol. The third-order valence-electron chi connectivity index (χ3n) is 10.8. The van der Waals surface area contributed by atoms with E-state index in [4.69, 9.17) is 135 Å². The highest BCUT2D eigenvalue weighted by Crippen LogP contribution is 2.25. The number of methoxy groups -OCH3 is 4. The van der Waals surface area contributed by atoms with Crippen LogP contribution in [0.15, 0.2) is 0 Å². The van der Waals surface area contributed by atoms with Crippen molar-refractivity contribution in [3.8, 4) is 0 Å². The van der Waals surface area contributed by atoms with Crippen LogP contribution in [0.2, 0.25) is 0 Å². The molecule has 0 unspecified atom stereocenters. The van der Waals surface area contributed by atoms with E-state index in [1.165, 1.54) is 28.4 Å². The minimum absolute atomic E-state index is 0.00581. The van der Waals surface area contributed by atoms with Crippen LogP contribution in [0.3, 0.4) is 0 Å². The van der Waals surface area contributed by atoms with E-state index in [2.05, 4.69) is 10.1 Å². The van der Waals surface area contributed by atoms with Gasteiger partial charge in [-0.15, -0.1) is 0 Å². The summed E-state index contributed by atoms with van der Waals surface area (Å²) in [7, 11) is 7.32. The van der Waals surface area contributed by atoms with Crippen LogP contribution in [-0.4, -0.2) is 355 Å². The van der Waals surface area contributed by atoms with Gasteiger partial charge >= 0.3 is 41.8 Å². The standard InChI is InChI=1S/C12H20O10.C11H20O7.C10H19NO7.C6H14O4.2C5H13NO3/c1-19-5-12(6-20-2-9(13)14,7-21-3-10(15)16)8-22-4-11(17)18;1-2-3-11(6-12,7-17-4-9(13)14)8-18-5-10(15)16;1-16-5-10(4-11,6-17-2-8(12)13)7-18-3-9(14)15;1-10-5-6(2-7,3-8)4-9;1-9-4-5(6,2-7)3-8;1-6-5(2-7,3-8)4-9/h2-8H2,1H3,(H,13,14)(H,15,16)(H,17,18);12H,2-8H2,1H3,(H,13,14)(H,15,16);2-7,11H2,1H3,(H,12,13)(H,14,15);7-9H,2-5H2,1H3;7-8H,2-4,6H2,1H3;6-9H,2-4H2,1H3. The highest BCUT2D eigenvalue weighted by molar-refractivity contribution is 5.69. The van der Waals surface area contributed by atoms with E-state index in [1.807, 2.05) is 6.92 Å². The smallest absolute Gasteiger partial charge is 0.329 e. The summed E-state index contributed by atoms with van der Waals surface area (Å²) in [5, 5.41) is 141. The number of rotatable bonds is 49. The largest absolute Gasteiger partial charge is 0.480 e. The van der Waals surface area contributed by atoms with Gasteiger partial charge in [0.05, 0.1) is 159 Å². The van der Waals surface area contributed by atoms with Crippen molar-refractivity contribution < 1.29 is 167 Å². The Bertz CT molecular complexity index is 1540. The van der Waals surface area contributed by atoms with Gasteiger partial charge in [0.2, 0.25) is 0 Å². The van der Waals surface area contributed by atoms with Crippen molar-refractivity contribution in [3.05, 3.63) is 0 Å². The number of ether oxygens (including phenoxy) is 11. The maximum atomic E-state index is 10.5. The van der Waals surface area contributed by atoms with E-state index in [0.717, 1.165) is 6.42 Å². The van der Waals surface area contributed by atoms with Gasteiger partial charge in [0.1, 0.15) is 46.2 Å². The van der Waals surface area contributed by atoms with Gasteiger partial charge in [-0.3, -0.25) is 0 Å². The summed E-state index contributed by atoms with van der Waals surface area (Å²) in [5.41, 5.74) is 5.68. The molecule has 0 fully saturated rings. The molecule has 37 heteroatoms. The molecule has 0 radical (unpaired) electrons. The molecule has 0 aromatic heterocycles. The summed E-state index contributed by atoms with van der Waals surface area (Å²) in [4.78, 5) is 72.8. The normalized spacial score (nSPS) is 11.6. The molecule has 0 heterocycles. The summed E-state index contributed by atoms with van der Waals surface area (Å²) < 4.78 is 54.2. The van der Waals surface area contributed by atoms with Crippen molar-refractivity contribution in [3.63, 3.8) is 0 Å². The lowest BCUT2D eigenvalue weighted by molar-refractivity contribution is -0.155. The topological polar surface area (TPSA) is 609 Å². The second kappa shape index (κ2) is 56.9. The van der Waals surface area contributed by atoms with Crippen molar-refractivity contribution in [1.29, 1.82) is 0 Å². The minimum Gasteiger partial charge on any atom is -0.480 e. The van der Waals surface area contributed by atoms with E-state index < -0.39 is 121 Å². The molecule has 0 rings (SSSR count). The monoisotopic (exact) mass is 1270 g/mol. The lowest BCUT2D eigenvalue weighted by atomic mass is 9.86. The van der Waals surface area contributed by atoms with Gasteiger partial charge < -0.3 is 151 Å². The molecule has 21 N–H and O–H groups in total. The van der Waals surface area contributed by atoms with Crippen LogP contribution in [0, 0.1) is 21.7 Å². The minimum atomic E-state index is -1.18. The summed E-state index contributed by atoms with van der Waals surface area (Å²) >= 11 is 0. The van der Waals surface area contributed by atoms with Crippen molar-refractivity contribution in [2.24, 2.45) is 33.1 Å². The van der Waals surface area contributed by atoms with Crippen molar-refractivity contribution in [2.45, 2.75) is 30.8 Å². The lowest BCUT2D eigenvalue weighted by Crippen LogP contribution is -2.52. The fraction of sp³-hybridized carbons (Fsp3) is 0.857. The summed E-state index contributed by atoms with van der Waals surface area (Å²) in [5.74, 6) is -7.90.